The predicted octanol–water partition coefficient (Wildman–Crippen LogP) is 7.24. The smallest absolute Gasteiger partial charge is 0.328 e. The largest absolute Gasteiger partial charge is 0.497 e. The summed E-state index contributed by atoms with van der Waals surface area (Å²) in [5.41, 5.74) is 1.05. The number of H-pyrrole nitrogens is 1. The molecule has 0 spiro atoms. The van der Waals surface area contributed by atoms with Crippen LogP contribution >= 0.6 is 8.53 Å². The quantitative estimate of drug-likeness (QED) is 0.0619. The maximum Gasteiger partial charge on any atom is 0.328 e. The van der Waals surface area contributed by atoms with E-state index in [0.717, 1.165) is 53.6 Å². The standard InChI is InChI=1S/C48H52N3O7PSi/c1-35-31-50(47(53)49-46(35)52)32-41(33-56-48(36-15-8-5-9-16-36,37-22-26-39(54-2)27-23-37)38-24-28-40(55-3)29-25-38)57-59-51-30-14-21-44(51)45(58-59)34-60(4,42-17-10-6-11-18-42)43-19-12-7-13-20-43/h5-13,15-20,22-29,31,41,44-45H,14,21,30,32-34H2,1-4H3,(H,49,52,53)/t41-,44-,45+,59+/m0/s1. The molecule has 2 saturated heterocycles. The summed E-state index contributed by atoms with van der Waals surface area (Å²) in [4.78, 5) is 28.3. The van der Waals surface area contributed by atoms with Crippen LogP contribution in [0.25, 0.3) is 0 Å². The second-order valence-corrected chi connectivity index (χ2v) is 21.4. The van der Waals surface area contributed by atoms with Crippen LogP contribution in [0.2, 0.25) is 12.6 Å². The third-order valence-electron chi connectivity index (χ3n) is 12.1. The van der Waals surface area contributed by atoms with Crippen LogP contribution in [0.3, 0.4) is 0 Å². The molecule has 5 aromatic carbocycles. The Hall–Kier alpha value is -5.13. The number of hydrogen-bond donors (Lipinski definition) is 1. The fourth-order valence-electron chi connectivity index (χ4n) is 8.79. The molecule has 0 aliphatic carbocycles. The highest BCUT2D eigenvalue weighted by Gasteiger charge is 2.51. The van der Waals surface area contributed by atoms with Gasteiger partial charge in [-0.05, 0) is 66.8 Å². The molecule has 0 radical (unpaired) electrons. The zero-order valence-corrected chi connectivity index (χ0v) is 36.4. The molecule has 6 aromatic rings. The van der Waals surface area contributed by atoms with Gasteiger partial charge in [0.25, 0.3) is 14.1 Å². The van der Waals surface area contributed by atoms with Gasteiger partial charge in [0.1, 0.15) is 31.3 Å². The number of aromatic nitrogens is 2. The summed E-state index contributed by atoms with van der Waals surface area (Å²) in [5, 5.41) is 2.74. The van der Waals surface area contributed by atoms with E-state index in [1.54, 1.807) is 27.3 Å². The summed E-state index contributed by atoms with van der Waals surface area (Å²) in [7, 11) is -0.506. The van der Waals surface area contributed by atoms with Gasteiger partial charge in [-0.1, -0.05) is 132 Å². The monoisotopic (exact) mass is 841 g/mol. The molecule has 10 nitrogen and oxygen atoms in total. The number of benzene rings is 5. The molecule has 8 rings (SSSR count). The first-order valence-corrected chi connectivity index (χ1v) is 24.4. The van der Waals surface area contributed by atoms with E-state index >= 15 is 0 Å². The lowest BCUT2D eigenvalue weighted by atomic mass is 9.80. The van der Waals surface area contributed by atoms with Crippen LogP contribution in [-0.4, -0.2) is 67.9 Å². The Morgan fingerprint density at radius 3 is 1.87 bits per heavy atom. The normalized spacial score (nSPS) is 18.6. The van der Waals surface area contributed by atoms with Crippen molar-refractivity contribution >= 4 is 27.0 Å². The molecule has 0 saturated carbocycles. The van der Waals surface area contributed by atoms with E-state index < -0.39 is 39.6 Å². The molecule has 1 aromatic heterocycles. The van der Waals surface area contributed by atoms with E-state index in [2.05, 4.69) is 89.0 Å². The fourth-order valence-corrected chi connectivity index (χ4v) is 14.7. The molecule has 2 aliphatic rings. The highest BCUT2D eigenvalue weighted by atomic mass is 31.2. The molecule has 1 N–H and O–H groups in total. The number of rotatable bonds is 16. The molecule has 2 fully saturated rings. The van der Waals surface area contributed by atoms with Crippen molar-refractivity contribution in [1.82, 2.24) is 14.2 Å². The molecule has 12 heteroatoms. The van der Waals surface area contributed by atoms with Crippen molar-refractivity contribution in [3.05, 3.63) is 189 Å². The number of fused-ring (bicyclic) bond motifs is 1. The summed E-state index contributed by atoms with van der Waals surface area (Å²) >= 11 is 0. The highest BCUT2D eigenvalue weighted by Crippen LogP contribution is 2.58. The van der Waals surface area contributed by atoms with E-state index in [-0.39, 0.29) is 25.3 Å². The molecule has 2 aliphatic heterocycles. The van der Waals surface area contributed by atoms with Gasteiger partial charge in [-0.25, -0.2) is 9.46 Å². The van der Waals surface area contributed by atoms with Gasteiger partial charge in [0.15, 0.2) is 0 Å². The average Bonchev–Trinajstić information content (AvgIpc) is 3.91. The highest BCUT2D eigenvalue weighted by molar-refractivity contribution is 7.45. The summed E-state index contributed by atoms with van der Waals surface area (Å²) in [5.74, 6) is 1.44. The average molecular weight is 842 g/mol. The zero-order valence-electron chi connectivity index (χ0n) is 34.5. The van der Waals surface area contributed by atoms with Crippen LogP contribution < -0.4 is 31.1 Å². The van der Waals surface area contributed by atoms with E-state index in [1.165, 1.54) is 14.9 Å². The van der Waals surface area contributed by atoms with E-state index in [9.17, 15) is 9.59 Å². The summed E-state index contributed by atoms with van der Waals surface area (Å²) < 4.78 is 36.7. The number of methoxy groups -OCH3 is 2. The maximum atomic E-state index is 13.4. The molecule has 0 amide bonds. The van der Waals surface area contributed by atoms with Gasteiger partial charge in [-0.3, -0.25) is 14.3 Å². The first-order chi connectivity index (χ1) is 29.2. The lowest BCUT2D eigenvalue weighted by molar-refractivity contribution is -0.0364. The molecule has 0 unspecified atom stereocenters. The Labute approximate surface area is 353 Å². The van der Waals surface area contributed by atoms with Crippen molar-refractivity contribution < 1.29 is 23.3 Å². The van der Waals surface area contributed by atoms with Crippen LogP contribution in [0.5, 0.6) is 11.5 Å². The second kappa shape index (κ2) is 18.2. The minimum atomic E-state index is -2.26. The topological polar surface area (TPSA) is 104 Å². The van der Waals surface area contributed by atoms with Crippen molar-refractivity contribution in [3.8, 4) is 11.5 Å². The van der Waals surface area contributed by atoms with Crippen LogP contribution in [0.15, 0.2) is 155 Å². The Morgan fingerprint density at radius 1 is 0.783 bits per heavy atom. The van der Waals surface area contributed by atoms with Gasteiger partial charge in [0.2, 0.25) is 0 Å². The minimum absolute atomic E-state index is 0.0442. The first kappa shape index (κ1) is 41.6. The first-order valence-electron chi connectivity index (χ1n) is 20.5. The fraction of sp³-hybridized carbons (Fsp3) is 0.292. The second-order valence-electron chi connectivity index (χ2n) is 15.8. The number of nitrogens with one attached hydrogen (secondary N) is 1. The van der Waals surface area contributed by atoms with E-state index in [1.807, 2.05) is 66.7 Å². The maximum absolute atomic E-state index is 13.4. The predicted molar refractivity (Wildman–Crippen MR) is 239 cm³/mol. The lowest BCUT2D eigenvalue weighted by Crippen LogP contribution is -2.58. The third-order valence-corrected chi connectivity index (χ3v) is 18.3. The summed E-state index contributed by atoms with van der Waals surface area (Å²) in [6.07, 6.45) is 2.96. The Balaban J connectivity index is 1.17. The van der Waals surface area contributed by atoms with Gasteiger partial charge < -0.3 is 23.3 Å². The van der Waals surface area contributed by atoms with Crippen LogP contribution in [0.1, 0.15) is 35.1 Å². The van der Waals surface area contributed by atoms with Gasteiger partial charge in [-0.2, -0.15) is 0 Å². The molecular weight excluding hydrogens is 790 g/mol. The Morgan fingerprint density at radius 2 is 1.32 bits per heavy atom. The Bertz CT molecular complexity index is 2360. The van der Waals surface area contributed by atoms with Crippen molar-refractivity contribution in [2.75, 3.05) is 27.4 Å². The number of ether oxygens (including phenoxy) is 3. The van der Waals surface area contributed by atoms with E-state index in [0.29, 0.717) is 5.56 Å². The molecule has 4 atom stereocenters. The van der Waals surface area contributed by atoms with Gasteiger partial charge in [0.05, 0.1) is 33.5 Å². The number of nitrogens with zero attached hydrogens (tertiary/aromatic N) is 2. The van der Waals surface area contributed by atoms with Crippen LogP contribution in [0.4, 0.5) is 0 Å². The van der Waals surface area contributed by atoms with Gasteiger partial charge in [0, 0.05) is 24.3 Å². The molecule has 3 heterocycles. The van der Waals surface area contributed by atoms with Crippen molar-refractivity contribution in [3.63, 3.8) is 0 Å². The van der Waals surface area contributed by atoms with Gasteiger partial charge >= 0.3 is 5.69 Å². The zero-order chi connectivity index (χ0) is 41.7. The molecule has 310 valence electrons. The van der Waals surface area contributed by atoms with Crippen LogP contribution in [0, 0.1) is 6.92 Å². The van der Waals surface area contributed by atoms with Crippen molar-refractivity contribution in [2.24, 2.45) is 0 Å². The molecule has 60 heavy (non-hydrogen) atoms. The molecular formula is C48H52N3O7PSi. The molecule has 0 bridgehead atoms. The number of aryl methyl sites for hydroxylation is 1. The minimum Gasteiger partial charge on any atom is -0.497 e. The number of aromatic amines is 1. The summed E-state index contributed by atoms with van der Waals surface area (Å²) in [6, 6.07) is 48.8. The van der Waals surface area contributed by atoms with Crippen molar-refractivity contribution in [2.45, 2.75) is 62.8 Å². The van der Waals surface area contributed by atoms with Crippen LogP contribution in [-0.2, 0) is 25.9 Å². The van der Waals surface area contributed by atoms with E-state index in [4.69, 9.17) is 23.3 Å². The number of hydrogen-bond acceptors (Lipinski definition) is 8. The lowest BCUT2D eigenvalue weighted by Gasteiger charge is -2.37. The van der Waals surface area contributed by atoms with Gasteiger partial charge in [-0.15, -0.1) is 0 Å². The van der Waals surface area contributed by atoms with Crippen molar-refractivity contribution in [1.29, 1.82) is 0 Å². The summed E-state index contributed by atoms with van der Waals surface area (Å²) in [6.45, 7) is 5.20. The third kappa shape index (κ3) is 8.43. The Kier molecular flexibility index (Phi) is 12.6. The SMILES string of the molecule is COc1ccc(C(OC[C@H](Cn2cc(C)c(=O)[nH]c2=O)O[P@]2O[C@H](C[Si](C)(c3ccccc3)c3ccccc3)[C@@H]3CCCN32)(c2ccccc2)c2ccc(OC)cc2)cc1.